The molecular weight excluding hydrogens is 558 g/mol. The molecule has 0 aromatic heterocycles. The summed E-state index contributed by atoms with van der Waals surface area (Å²) in [7, 11) is 0. The molecule has 0 unspecified atom stereocenters. The van der Waals surface area contributed by atoms with Crippen molar-refractivity contribution in [2.45, 2.75) is 51.6 Å². The van der Waals surface area contributed by atoms with E-state index in [2.05, 4.69) is 54.4 Å². The average Bonchev–Trinajstić information content (AvgIpc) is 3.61. The van der Waals surface area contributed by atoms with E-state index in [1.54, 1.807) is 0 Å². The fourth-order valence-electron chi connectivity index (χ4n) is 6.79. The third-order valence-electron chi connectivity index (χ3n) is 9.37. The van der Waals surface area contributed by atoms with Gasteiger partial charge >= 0.3 is 0 Å². The normalized spacial score (nSPS) is 23.1. The van der Waals surface area contributed by atoms with E-state index in [4.69, 9.17) is 21.1 Å². The second-order valence-corrected chi connectivity index (χ2v) is 12.3. The minimum atomic E-state index is -0.737. The zero-order valence-electron chi connectivity index (χ0n) is 24.0. The number of ether oxygens (including phenoxy) is 2. The van der Waals surface area contributed by atoms with Gasteiger partial charge in [0, 0.05) is 18.5 Å². The van der Waals surface area contributed by atoms with Gasteiger partial charge in [0.05, 0.1) is 0 Å². The van der Waals surface area contributed by atoms with Crippen LogP contribution in [0.4, 0.5) is 8.78 Å². The summed E-state index contributed by atoms with van der Waals surface area (Å²) in [6.45, 7) is 6.95. The smallest absolute Gasteiger partial charge is 0.227 e. The summed E-state index contributed by atoms with van der Waals surface area (Å²) >= 11 is 5.83. The molecule has 5 nitrogen and oxygen atoms in total. The molecule has 1 saturated heterocycles. The average molecular weight is 595 g/mol. The van der Waals surface area contributed by atoms with Crippen molar-refractivity contribution in [2.24, 2.45) is 17.8 Å². The summed E-state index contributed by atoms with van der Waals surface area (Å²) in [5, 5.41) is 3.16. The van der Waals surface area contributed by atoms with Crippen LogP contribution >= 0.6 is 11.6 Å². The molecule has 1 heterocycles. The summed E-state index contributed by atoms with van der Waals surface area (Å²) in [6.07, 6.45) is 3.15. The number of nitrogens with one attached hydrogen (secondary N) is 1. The third-order valence-corrected chi connectivity index (χ3v) is 9.72. The fourth-order valence-corrected chi connectivity index (χ4v) is 7.00. The van der Waals surface area contributed by atoms with Crippen molar-refractivity contribution in [3.8, 4) is 11.5 Å². The van der Waals surface area contributed by atoms with Crippen LogP contribution < -0.4 is 14.8 Å². The number of carbonyl (C=O) groups is 1. The molecule has 0 spiro atoms. The quantitative estimate of drug-likeness (QED) is 0.207. The Morgan fingerprint density at radius 1 is 0.976 bits per heavy atom. The molecule has 3 fully saturated rings. The van der Waals surface area contributed by atoms with Crippen LogP contribution in [0.2, 0.25) is 5.02 Å². The molecule has 0 radical (unpaired) electrons. The minimum Gasteiger partial charge on any atom is -0.490 e. The zero-order valence-corrected chi connectivity index (χ0v) is 24.8. The standard InChI is InChI=1S/C34H37ClF2N2O3/c1-20-4-3-5-23(21(20)2)19-39(25-8-9-25)34(40)31-27(16-24-17-38-18-28(24)31)22-6-10-26(11-7-22)41-14-15-42-33-30(37)13-12-29(36)32(33)35/h3-7,10-13,24-25,27-28,31,38H,8-9,14-19H2,1-2H3/t24-,27+,28+,31+/m0/s1. The van der Waals surface area contributed by atoms with Crippen LogP contribution in [-0.4, -0.2) is 43.2 Å². The molecule has 2 saturated carbocycles. The summed E-state index contributed by atoms with van der Waals surface area (Å²) < 4.78 is 38.7. The lowest BCUT2D eigenvalue weighted by Gasteiger charge is -2.32. The summed E-state index contributed by atoms with van der Waals surface area (Å²) in [5.41, 5.74) is 4.92. The van der Waals surface area contributed by atoms with Gasteiger partial charge in [-0.3, -0.25) is 4.79 Å². The molecule has 3 aromatic carbocycles. The molecule has 0 bridgehead atoms. The maximum absolute atomic E-state index is 14.4. The minimum absolute atomic E-state index is 0.00875. The van der Waals surface area contributed by atoms with Crippen LogP contribution in [0.25, 0.3) is 0 Å². The van der Waals surface area contributed by atoms with E-state index >= 15 is 0 Å². The van der Waals surface area contributed by atoms with E-state index in [9.17, 15) is 13.6 Å². The molecule has 4 atom stereocenters. The molecule has 8 heteroatoms. The lowest BCUT2D eigenvalue weighted by atomic mass is 9.83. The fraction of sp³-hybridized carbons (Fsp3) is 0.441. The Hall–Kier alpha value is -3.16. The van der Waals surface area contributed by atoms with E-state index in [0.717, 1.165) is 50.0 Å². The van der Waals surface area contributed by atoms with Gasteiger partial charge in [0.1, 0.15) is 29.8 Å². The third kappa shape index (κ3) is 5.86. The molecule has 3 aliphatic rings. The van der Waals surface area contributed by atoms with Crippen LogP contribution in [0.5, 0.6) is 11.5 Å². The highest BCUT2D eigenvalue weighted by atomic mass is 35.5. The number of fused-ring (bicyclic) bond motifs is 1. The second-order valence-electron chi connectivity index (χ2n) is 11.9. The van der Waals surface area contributed by atoms with Gasteiger partial charge in [0.25, 0.3) is 0 Å². The van der Waals surface area contributed by atoms with Gasteiger partial charge in [-0.15, -0.1) is 0 Å². The van der Waals surface area contributed by atoms with Crippen molar-refractivity contribution in [2.75, 3.05) is 26.3 Å². The van der Waals surface area contributed by atoms with Crippen LogP contribution in [0.3, 0.4) is 0 Å². The van der Waals surface area contributed by atoms with Gasteiger partial charge in [0.15, 0.2) is 11.6 Å². The highest BCUT2D eigenvalue weighted by molar-refractivity contribution is 6.32. The topological polar surface area (TPSA) is 50.8 Å². The van der Waals surface area contributed by atoms with Crippen molar-refractivity contribution in [1.29, 1.82) is 0 Å². The van der Waals surface area contributed by atoms with Crippen molar-refractivity contribution in [3.05, 3.63) is 93.5 Å². The number of carbonyl (C=O) groups excluding carboxylic acids is 1. The first-order valence-corrected chi connectivity index (χ1v) is 15.2. The van der Waals surface area contributed by atoms with Crippen molar-refractivity contribution in [1.82, 2.24) is 10.2 Å². The highest BCUT2D eigenvalue weighted by Gasteiger charge is 2.51. The Morgan fingerprint density at radius 2 is 1.71 bits per heavy atom. The number of benzene rings is 3. The second kappa shape index (κ2) is 12.2. The Morgan fingerprint density at radius 3 is 2.48 bits per heavy atom. The first-order valence-electron chi connectivity index (χ1n) is 14.9. The predicted molar refractivity (Wildman–Crippen MR) is 159 cm³/mol. The van der Waals surface area contributed by atoms with E-state index in [1.165, 1.54) is 16.7 Å². The lowest BCUT2D eigenvalue weighted by Crippen LogP contribution is -2.41. The number of nitrogens with zero attached hydrogens (tertiary/aromatic N) is 1. The van der Waals surface area contributed by atoms with Crippen molar-refractivity contribution >= 4 is 17.5 Å². The van der Waals surface area contributed by atoms with Gasteiger partial charge in [-0.1, -0.05) is 41.9 Å². The van der Waals surface area contributed by atoms with Crippen LogP contribution in [0.15, 0.2) is 54.6 Å². The zero-order chi connectivity index (χ0) is 29.4. The van der Waals surface area contributed by atoms with E-state index in [0.29, 0.717) is 36.1 Å². The lowest BCUT2D eigenvalue weighted by molar-refractivity contribution is -0.138. The molecule has 3 aromatic rings. The molecule has 1 aliphatic heterocycles. The van der Waals surface area contributed by atoms with Crippen molar-refractivity contribution < 1.29 is 23.0 Å². The first kappa shape index (κ1) is 28.9. The van der Waals surface area contributed by atoms with Gasteiger partial charge in [-0.05, 0) is 110 Å². The number of hydrogen-bond acceptors (Lipinski definition) is 4. The molecule has 2 aliphatic carbocycles. The predicted octanol–water partition coefficient (Wildman–Crippen LogP) is 6.82. The molecule has 1 amide bonds. The molecule has 1 N–H and O–H groups in total. The van der Waals surface area contributed by atoms with Crippen molar-refractivity contribution in [3.63, 3.8) is 0 Å². The van der Waals surface area contributed by atoms with Crippen LogP contribution in [-0.2, 0) is 11.3 Å². The van der Waals surface area contributed by atoms with Gasteiger partial charge in [0.2, 0.25) is 5.91 Å². The highest BCUT2D eigenvalue weighted by Crippen LogP contribution is 2.50. The van der Waals surface area contributed by atoms with E-state index in [1.807, 2.05) is 12.1 Å². The van der Waals surface area contributed by atoms with Crippen LogP contribution in [0, 0.1) is 43.2 Å². The van der Waals surface area contributed by atoms with Crippen LogP contribution in [0.1, 0.15) is 47.4 Å². The Bertz CT molecular complexity index is 1450. The Balaban J connectivity index is 1.14. The Labute approximate surface area is 251 Å². The summed E-state index contributed by atoms with van der Waals surface area (Å²) in [4.78, 5) is 16.6. The van der Waals surface area contributed by atoms with Gasteiger partial charge in [-0.25, -0.2) is 8.78 Å². The molecular formula is C34H37ClF2N2O3. The number of amides is 1. The first-order chi connectivity index (χ1) is 20.3. The van der Waals surface area contributed by atoms with Gasteiger partial charge < -0.3 is 19.7 Å². The molecule has 6 rings (SSSR count). The largest absolute Gasteiger partial charge is 0.490 e. The maximum Gasteiger partial charge on any atom is 0.227 e. The Kier molecular flexibility index (Phi) is 8.42. The number of rotatable bonds is 10. The molecule has 222 valence electrons. The van der Waals surface area contributed by atoms with Gasteiger partial charge in [-0.2, -0.15) is 0 Å². The maximum atomic E-state index is 14.4. The van der Waals surface area contributed by atoms with E-state index in [-0.39, 0.29) is 35.8 Å². The molecule has 42 heavy (non-hydrogen) atoms. The summed E-state index contributed by atoms with van der Waals surface area (Å²) in [6, 6.07) is 16.6. The number of halogens is 3. The summed E-state index contributed by atoms with van der Waals surface area (Å²) in [5.74, 6) is 0.0987. The SMILES string of the molecule is Cc1cccc(CN(C(=O)[C@H]2[C@@H]3CNC[C@@H]3C[C@@H]2c2ccc(OCCOc3c(F)ccc(F)c3Cl)cc2)C2CC2)c1C. The number of hydrogen-bond donors (Lipinski definition) is 1. The monoisotopic (exact) mass is 594 g/mol. The number of aryl methyl sites for hydroxylation is 1. The van der Waals surface area contributed by atoms with E-state index < -0.39 is 11.6 Å².